The van der Waals surface area contributed by atoms with Crippen LogP contribution in [0.5, 0.6) is 0 Å². The van der Waals surface area contributed by atoms with Gasteiger partial charge in [0.05, 0.1) is 6.10 Å². The third-order valence-electron chi connectivity index (χ3n) is 3.91. The quantitative estimate of drug-likeness (QED) is 0.263. The van der Waals surface area contributed by atoms with E-state index in [0.29, 0.717) is 0 Å². The maximum absolute atomic E-state index is 11.2. The summed E-state index contributed by atoms with van der Waals surface area (Å²) in [6, 6.07) is 0. The SMILES string of the molecule is C[C@@H]1O[C@@H](O[C@H]2[C@H](O)[C@@H](O)[C@H](O)O[C@@H]2C(=O)O)[C@H](O)[C@H](O)[C@H]1O. The van der Waals surface area contributed by atoms with E-state index in [4.69, 9.17) is 14.6 Å². The van der Waals surface area contributed by atoms with Crippen molar-refractivity contribution in [2.45, 2.75) is 68.3 Å². The third-order valence-corrected chi connectivity index (χ3v) is 3.91. The molecule has 2 rings (SSSR count). The Kier molecular flexibility index (Phi) is 5.56. The molecule has 2 saturated heterocycles. The standard InChI is InChI=1S/C12H20O11/c1-2-3(13)4(14)7(17)12(21-2)23-8-5(15)6(16)11(20)22-9(8)10(18)19/h2-9,11-17,20H,1H3,(H,18,19)/t2-,3-,4+,5+,6+,7+,8-,9-,11+,12-/m0/s1. The fourth-order valence-electron chi connectivity index (χ4n) is 2.48. The molecule has 7 N–H and O–H groups in total. The molecule has 2 aliphatic heterocycles. The topological polar surface area (TPSA) is 186 Å². The summed E-state index contributed by atoms with van der Waals surface area (Å²) in [4.78, 5) is 11.2. The minimum atomic E-state index is -1.94. The molecule has 0 amide bonds. The van der Waals surface area contributed by atoms with Crippen LogP contribution in [-0.4, -0.2) is 103 Å². The first kappa shape index (κ1) is 18.4. The fraction of sp³-hybridized carbons (Fsp3) is 0.917. The highest BCUT2D eigenvalue weighted by molar-refractivity contribution is 5.73. The van der Waals surface area contributed by atoms with Crippen molar-refractivity contribution in [2.75, 3.05) is 0 Å². The Morgan fingerprint density at radius 1 is 0.870 bits per heavy atom. The van der Waals surface area contributed by atoms with Gasteiger partial charge in [-0.3, -0.25) is 0 Å². The van der Waals surface area contributed by atoms with Gasteiger partial charge in [0.15, 0.2) is 18.7 Å². The van der Waals surface area contributed by atoms with Crippen molar-refractivity contribution in [2.24, 2.45) is 0 Å². The Bertz CT molecular complexity index is 431. The lowest BCUT2D eigenvalue weighted by molar-refractivity contribution is -0.347. The van der Waals surface area contributed by atoms with Crippen molar-refractivity contribution in [1.29, 1.82) is 0 Å². The van der Waals surface area contributed by atoms with E-state index in [1.807, 2.05) is 0 Å². The average Bonchev–Trinajstić information content (AvgIpc) is 2.50. The second-order valence-electron chi connectivity index (χ2n) is 5.55. The average molecular weight is 340 g/mol. The van der Waals surface area contributed by atoms with Crippen LogP contribution in [0.2, 0.25) is 0 Å². The summed E-state index contributed by atoms with van der Waals surface area (Å²) >= 11 is 0. The Hall–Kier alpha value is -0.890. The first-order valence-corrected chi connectivity index (χ1v) is 6.92. The van der Waals surface area contributed by atoms with Crippen LogP contribution in [0.25, 0.3) is 0 Å². The van der Waals surface area contributed by atoms with Gasteiger partial charge < -0.3 is 50.0 Å². The lowest BCUT2D eigenvalue weighted by Gasteiger charge is -2.44. The number of carbonyl (C=O) groups is 1. The van der Waals surface area contributed by atoms with E-state index in [0.717, 1.165) is 0 Å². The highest BCUT2D eigenvalue weighted by Gasteiger charge is 2.51. The van der Waals surface area contributed by atoms with Crippen LogP contribution in [0.4, 0.5) is 0 Å². The first-order valence-electron chi connectivity index (χ1n) is 6.92. The van der Waals surface area contributed by atoms with Crippen molar-refractivity contribution < 1.29 is 54.8 Å². The molecule has 0 saturated carbocycles. The van der Waals surface area contributed by atoms with E-state index in [2.05, 4.69) is 4.74 Å². The summed E-state index contributed by atoms with van der Waals surface area (Å²) in [6.45, 7) is 1.39. The van der Waals surface area contributed by atoms with Gasteiger partial charge in [-0.15, -0.1) is 0 Å². The van der Waals surface area contributed by atoms with Gasteiger partial charge in [0.1, 0.15) is 36.6 Å². The predicted molar refractivity (Wildman–Crippen MR) is 67.8 cm³/mol. The lowest BCUT2D eigenvalue weighted by atomic mass is 9.97. The van der Waals surface area contributed by atoms with Gasteiger partial charge in [-0.2, -0.15) is 0 Å². The van der Waals surface area contributed by atoms with Crippen LogP contribution >= 0.6 is 0 Å². The van der Waals surface area contributed by atoms with Gasteiger partial charge >= 0.3 is 5.97 Å². The molecule has 23 heavy (non-hydrogen) atoms. The highest BCUT2D eigenvalue weighted by Crippen LogP contribution is 2.28. The minimum Gasteiger partial charge on any atom is -0.479 e. The van der Waals surface area contributed by atoms with E-state index in [-0.39, 0.29) is 0 Å². The molecular formula is C12H20O11. The zero-order chi connectivity index (χ0) is 17.5. The molecule has 2 heterocycles. The molecule has 11 nitrogen and oxygen atoms in total. The molecule has 0 spiro atoms. The van der Waals surface area contributed by atoms with E-state index >= 15 is 0 Å². The molecule has 0 aromatic rings. The maximum Gasteiger partial charge on any atom is 0.335 e. The third kappa shape index (κ3) is 3.47. The van der Waals surface area contributed by atoms with Crippen LogP contribution in [0.1, 0.15) is 6.92 Å². The van der Waals surface area contributed by atoms with Gasteiger partial charge in [-0.05, 0) is 6.92 Å². The van der Waals surface area contributed by atoms with Gasteiger partial charge in [-0.25, -0.2) is 4.79 Å². The number of aliphatic hydroxyl groups is 6. The molecule has 0 aromatic carbocycles. The number of hydrogen-bond acceptors (Lipinski definition) is 10. The number of ether oxygens (including phenoxy) is 3. The molecule has 0 bridgehead atoms. The van der Waals surface area contributed by atoms with Crippen molar-refractivity contribution in [3.05, 3.63) is 0 Å². The Morgan fingerprint density at radius 2 is 1.48 bits per heavy atom. The number of aliphatic carboxylic acids is 1. The summed E-state index contributed by atoms with van der Waals surface area (Å²) < 4.78 is 15.0. The van der Waals surface area contributed by atoms with Gasteiger partial charge in [0.25, 0.3) is 0 Å². The smallest absolute Gasteiger partial charge is 0.335 e. The van der Waals surface area contributed by atoms with Crippen molar-refractivity contribution >= 4 is 5.97 Å². The van der Waals surface area contributed by atoms with Crippen molar-refractivity contribution in [3.8, 4) is 0 Å². The second-order valence-corrected chi connectivity index (χ2v) is 5.55. The molecule has 2 aliphatic rings. The van der Waals surface area contributed by atoms with Crippen molar-refractivity contribution in [3.63, 3.8) is 0 Å². The molecule has 11 heteroatoms. The summed E-state index contributed by atoms with van der Waals surface area (Å²) in [7, 11) is 0. The molecule has 0 unspecified atom stereocenters. The Balaban J connectivity index is 2.16. The fourth-order valence-corrected chi connectivity index (χ4v) is 2.48. The van der Waals surface area contributed by atoms with E-state index in [9.17, 15) is 35.4 Å². The largest absolute Gasteiger partial charge is 0.479 e. The van der Waals surface area contributed by atoms with Gasteiger partial charge in [0, 0.05) is 0 Å². The molecule has 0 aromatic heterocycles. The van der Waals surface area contributed by atoms with E-state index < -0.39 is 67.4 Å². The Labute approximate surface area is 130 Å². The van der Waals surface area contributed by atoms with Crippen molar-refractivity contribution in [1.82, 2.24) is 0 Å². The molecule has 0 radical (unpaired) electrons. The second kappa shape index (κ2) is 6.93. The monoisotopic (exact) mass is 340 g/mol. The van der Waals surface area contributed by atoms with Gasteiger partial charge in [0.2, 0.25) is 0 Å². The number of hydrogen-bond donors (Lipinski definition) is 7. The molecule has 0 aliphatic carbocycles. The molecule has 2 fully saturated rings. The molecule has 10 atom stereocenters. The highest BCUT2D eigenvalue weighted by atomic mass is 16.7. The minimum absolute atomic E-state index is 0.946. The van der Waals surface area contributed by atoms with Gasteiger partial charge in [-0.1, -0.05) is 0 Å². The summed E-state index contributed by atoms with van der Waals surface area (Å²) in [5.74, 6) is -1.58. The van der Waals surface area contributed by atoms with E-state index in [1.54, 1.807) is 0 Å². The summed E-state index contributed by atoms with van der Waals surface area (Å²) in [6.07, 6.45) is -16.4. The van der Waals surface area contributed by atoms with Crippen LogP contribution in [0.3, 0.4) is 0 Å². The van der Waals surface area contributed by atoms with Crippen LogP contribution in [0, 0.1) is 0 Å². The van der Waals surface area contributed by atoms with E-state index in [1.165, 1.54) is 6.92 Å². The molecular weight excluding hydrogens is 320 g/mol. The normalized spacial score (nSPS) is 51.4. The predicted octanol–water partition coefficient (Wildman–Crippen LogP) is -4.28. The maximum atomic E-state index is 11.2. The van der Waals surface area contributed by atoms with Crippen LogP contribution in [-0.2, 0) is 19.0 Å². The lowest BCUT2D eigenvalue weighted by Crippen LogP contribution is -2.64. The Morgan fingerprint density at radius 3 is 2.04 bits per heavy atom. The molecule has 134 valence electrons. The summed E-state index contributed by atoms with van der Waals surface area (Å²) in [5.41, 5.74) is 0. The first-order chi connectivity index (χ1) is 10.6. The zero-order valence-corrected chi connectivity index (χ0v) is 12.0. The van der Waals surface area contributed by atoms with Crippen LogP contribution in [0.15, 0.2) is 0 Å². The number of carboxylic acids is 1. The number of aliphatic hydroxyl groups excluding tert-OH is 6. The zero-order valence-electron chi connectivity index (χ0n) is 12.0. The number of rotatable bonds is 3. The number of carboxylic acid groups (broad SMARTS) is 1. The van der Waals surface area contributed by atoms with Crippen LogP contribution < -0.4 is 0 Å². The summed E-state index contributed by atoms with van der Waals surface area (Å²) in [5, 5.41) is 67.0.